The van der Waals surface area contributed by atoms with E-state index in [4.69, 9.17) is 24.7 Å². The largest absolute Gasteiger partial charge is 0.504 e. The molecule has 8 bridgehead atoms. The number of Topliss-reactive ketones (excluding diaryl/α,β-unsaturated/α-hetero) is 1. The van der Waals surface area contributed by atoms with E-state index in [-0.39, 0.29) is 47.9 Å². The fourth-order valence-corrected chi connectivity index (χ4v) is 7.51. The molecule has 1 saturated carbocycles. The summed E-state index contributed by atoms with van der Waals surface area (Å²) >= 11 is 0. The molecule has 0 saturated heterocycles. The van der Waals surface area contributed by atoms with Crippen molar-refractivity contribution < 1.29 is 24.5 Å². The number of aliphatic hydroxyl groups is 2. The van der Waals surface area contributed by atoms with Gasteiger partial charge in [-0.3, -0.25) is 14.6 Å². The van der Waals surface area contributed by atoms with E-state index in [2.05, 4.69) is 13.8 Å². The Morgan fingerprint density at radius 2 is 1.55 bits per heavy atom. The molecule has 49 heavy (non-hydrogen) atoms. The van der Waals surface area contributed by atoms with E-state index < -0.39 is 0 Å². The summed E-state index contributed by atoms with van der Waals surface area (Å²) in [5.41, 5.74) is 11.1. The number of hydrogen-bond donors (Lipinski definition) is 2. The van der Waals surface area contributed by atoms with Crippen molar-refractivity contribution in [1.82, 2.24) is 0 Å². The predicted molar refractivity (Wildman–Crippen MR) is 192 cm³/mol. The average molecular weight is 655 g/mol. The van der Waals surface area contributed by atoms with E-state index in [1.54, 1.807) is 24.3 Å². The number of carbonyl (C=O) groups excluding carboxylic acids is 2. The normalized spacial score (nSPS) is 23.4. The van der Waals surface area contributed by atoms with Crippen molar-refractivity contribution in [3.8, 4) is 0 Å². The number of methoxy groups -OCH3 is 1. The predicted octanol–water partition coefficient (Wildman–Crippen LogP) is 7.75. The second-order valence-electron chi connectivity index (χ2n) is 13.1. The first-order valence-corrected chi connectivity index (χ1v) is 16.7. The van der Waals surface area contributed by atoms with Crippen LogP contribution < -0.4 is 0 Å². The maximum Gasteiger partial charge on any atom is 0.305 e. The van der Waals surface area contributed by atoms with Gasteiger partial charge in [0.1, 0.15) is 0 Å². The molecular weight excluding hydrogens is 616 g/mol. The molecule has 0 aromatic heterocycles. The zero-order chi connectivity index (χ0) is 34.7. The molecule has 9 nitrogen and oxygen atoms in total. The Hall–Kier alpha value is -5.44. The zero-order valence-electron chi connectivity index (χ0n) is 28.5. The van der Waals surface area contributed by atoms with Crippen LogP contribution in [0.3, 0.4) is 0 Å². The number of allylic oxidation sites excluding steroid dienone is 11. The molecule has 5 aliphatic heterocycles. The maximum absolute atomic E-state index is 13.6. The van der Waals surface area contributed by atoms with Gasteiger partial charge in [0.25, 0.3) is 0 Å². The molecule has 1 aliphatic carbocycles. The van der Waals surface area contributed by atoms with E-state index in [9.17, 15) is 19.8 Å². The van der Waals surface area contributed by atoms with E-state index >= 15 is 0 Å². The molecule has 6 aliphatic rings. The van der Waals surface area contributed by atoms with Gasteiger partial charge in [-0.05, 0) is 74.1 Å². The Morgan fingerprint density at radius 1 is 0.878 bits per heavy atom. The first kappa shape index (κ1) is 32.1. The van der Waals surface area contributed by atoms with Crippen LogP contribution in [0.15, 0.2) is 136 Å². The van der Waals surface area contributed by atoms with E-state index in [1.165, 1.54) is 7.11 Å². The minimum absolute atomic E-state index is 0.00923. The van der Waals surface area contributed by atoms with E-state index in [0.29, 0.717) is 57.2 Å². The van der Waals surface area contributed by atoms with Crippen molar-refractivity contribution in [2.75, 3.05) is 7.11 Å². The van der Waals surface area contributed by atoms with Gasteiger partial charge in [0, 0.05) is 47.1 Å². The van der Waals surface area contributed by atoms with Crippen molar-refractivity contribution >= 4 is 40.4 Å². The number of aliphatic hydroxyl groups excluding tert-OH is 2. The number of ketones is 1. The van der Waals surface area contributed by atoms with Gasteiger partial charge in [0.2, 0.25) is 0 Å². The minimum Gasteiger partial charge on any atom is -0.504 e. The van der Waals surface area contributed by atoms with Crippen LogP contribution in [0.1, 0.15) is 65.9 Å². The zero-order valence-corrected chi connectivity index (χ0v) is 28.5. The molecule has 7 rings (SSSR count). The molecule has 1 aromatic carbocycles. The highest BCUT2D eigenvalue weighted by molar-refractivity contribution is 6.38. The highest BCUT2D eigenvalue weighted by atomic mass is 16.5. The topological polar surface area (TPSA) is 133 Å². The molecule has 1 fully saturated rings. The summed E-state index contributed by atoms with van der Waals surface area (Å²) in [5.74, 6) is -1.12. The van der Waals surface area contributed by atoms with Gasteiger partial charge in [0.05, 0.1) is 52.6 Å². The van der Waals surface area contributed by atoms with E-state index in [0.717, 1.165) is 45.8 Å². The number of hydrogen-bond acceptors (Lipinski definition) is 9. The highest BCUT2D eigenvalue weighted by Gasteiger charge is 2.42. The summed E-state index contributed by atoms with van der Waals surface area (Å²) in [5, 5.41) is 22.9. The lowest BCUT2D eigenvalue weighted by atomic mass is 9.84. The molecule has 1 aromatic rings. The Labute approximate surface area is 285 Å². The summed E-state index contributed by atoms with van der Waals surface area (Å²) in [6.07, 6.45) is 7.32. The lowest BCUT2D eigenvalue weighted by Gasteiger charge is -2.18. The Balaban J connectivity index is 1.49. The molecule has 0 radical (unpaired) electrons. The van der Waals surface area contributed by atoms with Crippen LogP contribution in [0, 0.1) is 11.8 Å². The van der Waals surface area contributed by atoms with Crippen LogP contribution in [-0.4, -0.2) is 51.9 Å². The number of esters is 1. The van der Waals surface area contributed by atoms with Gasteiger partial charge in [-0.25, -0.2) is 15.0 Å². The van der Waals surface area contributed by atoms with Gasteiger partial charge in [-0.15, -0.1) is 0 Å². The summed E-state index contributed by atoms with van der Waals surface area (Å²) in [4.78, 5) is 46.1. The molecule has 2 atom stereocenters. The second-order valence-corrected chi connectivity index (χ2v) is 13.1. The van der Waals surface area contributed by atoms with Gasteiger partial charge < -0.3 is 14.9 Å². The lowest BCUT2D eigenvalue weighted by Crippen LogP contribution is -2.17. The highest BCUT2D eigenvalue weighted by Crippen LogP contribution is 2.45. The number of carbonyl (C=O) groups is 2. The summed E-state index contributed by atoms with van der Waals surface area (Å²) in [6, 6.07) is 8.90. The second kappa shape index (κ2) is 12.2. The number of nitrogens with zero attached hydrogens (tertiary/aromatic N) is 4. The van der Waals surface area contributed by atoms with Crippen LogP contribution in [-0.2, 0) is 14.3 Å². The molecule has 0 unspecified atom stereocenters. The number of ether oxygens (including phenoxy) is 1. The Kier molecular flexibility index (Phi) is 8.01. The third-order valence-corrected chi connectivity index (χ3v) is 10.3. The first-order valence-electron chi connectivity index (χ1n) is 16.7. The molecule has 9 heteroatoms. The monoisotopic (exact) mass is 654 g/mol. The third kappa shape index (κ3) is 5.24. The molecule has 2 N–H and O–H groups in total. The van der Waals surface area contributed by atoms with Crippen molar-refractivity contribution in [2.45, 2.75) is 60.3 Å². The van der Waals surface area contributed by atoms with Crippen LogP contribution in [0.5, 0.6) is 0 Å². The molecule has 5 heterocycles. The van der Waals surface area contributed by atoms with Crippen LogP contribution in [0.2, 0.25) is 0 Å². The quantitative estimate of drug-likeness (QED) is 0.239. The Bertz CT molecular complexity index is 2140. The number of fused-ring (bicyclic) bond motifs is 4. The van der Waals surface area contributed by atoms with Crippen molar-refractivity contribution in [3.63, 3.8) is 0 Å². The van der Waals surface area contributed by atoms with Crippen molar-refractivity contribution in [3.05, 3.63) is 122 Å². The van der Waals surface area contributed by atoms with E-state index in [1.807, 2.05) is 45.1 Å². The Morgan fingerprint density at radius 3 is 2.27 bits per heavy atom. The first-order chi connectivity index (χ1) is 23.5. The smallest absolute Gasteiger partial charge is 0.305 e. The van der Waals surface area contributed by atoms with Crippen LogP contribution in [0.25, 0.3) is 5.76 Å². The van der Waals surface area contributed by atoms with Gasteiger partial charge in [-0.1, -0.05) is 44.2 Å². The molecule has 0 spiro atoms. The average Bonchev–Trinajstić information content (AvgIpc) is 3.85. The summed E-state index contributed by atoms with van der Waals surface area (Å²) in [7, 11) is 1.38. The summed E-state index contributed by atoms with van der Waals surface area (Å²) in [6.45, 7) is 9.95. The van der Waals surface area contributed by atoms with Gasteiger partial charge in [0.15, 0.2) is 17.3 Å². The minimum atomic E-state index is -0.308. The standard InChI is InChI=1S/C40H38N4O5/c1-7-24-19(2)27-18-32-35(40(48)39(47)23-11-9-8-10-12-23)21(4)29(42-32)16-28-20(3)25(13-14-34(46)49-6)37(43-28)26-15-33(45)36-22(5)30(44-38(26)36)17-31(24)41-27/h8-12,16-18,20,25,47-48H,7,13-15H2,1-6H3/b27-18?,28-16?,29-16?,30-17?,31-17?,32-18?,37-26?,40-39+/t20-,25-/m0/s1. The lowest BCUT2D eigenvalue weighted by molar-refractivity contribution is -0.140. The summed E-state index contributed by atoms with van der Waals surface area (Å²) < 4.78 is 4.97. The third-order valence-electron chi connectivity index (χ3n) is 10.3. The number of benzene rings is 1. The fraction of sp³-hybridized carbons (Fsp3) is 0.300. The van der Waals surface area contributed by atoms with Gasteiger partial charge in [-0.2, -0.15) is 0 Å². The van der Waals surface area contributed by atoms with Crippen molar-refractivity contribution in [2.24, 2.45) is 31.8 Å². The molecule has 0 amide bonds. The van der Waals surface area contributed by atoms with Crippen molar-refractivity contribution in [1.29, 1.82) is 0 Å². The maximum atomic E-state index is 13.6. The number of aliphatic imine (C=N–C) groups is 4. The van der Waals surface area contributed by atoms with Crippen LogP contribution in [0.4, 0.5) is 0 Å². The fourth-order valence-electron chi connectivity index (χ4n) is 7.51. The van der Waals surface area contributed by atoms with Gasteiger partial charge >= 0.3 is 5.97 Å². The number of rotatable bonds is 6. The SMILES string of the molecule is CCC1=C(C)C2=CC3=NC(=CC4=NC(=C5CC(=O)C6=C(C)C(=CC1=N2)N=C56)[C@@H](CCC(=O)OC)[C@@H]4C)C(C)=C3/C(O)=C(\O)c1ccccc1. The van der Waals surface area contributed by atoms with Crippen LogP contribution >= 0.6 is 0 Å². The molecular formula is C40H38N4O5. The molecule has 248 valence electrons.